The maximum atomic E-state index is 13.4. The number of hydrogen-bond acceptors (Lipinski definition) is 5. The number of halogens is 2. The second kappa shape index (κ2) is 3.86. The van der Waals surface area contributed by atoms with Crippen LogP contribution in [0.25, 0.3) is 11.5 Å². The number of nitro groups is 1. The van der Waals surface area contributed by atoms with Crippen molar-refractivity contribution < 1.29 is 13.8 Å². The first-order valence-electron chi connectivity index (χ1n) is 4.01. The van der Waals surface area contributed by atoms with Crippen molar-refractivity contribution in [3.63, 3.8) is 0 Å². The highest BCUT2D eigenvalue weighted by Crippen LogP contribution is 2.25. The van der Waals surface area contributed by atoms with Gasteiger partial charge in [-0.05, 0) is 22.8 Å². The Morgan fingerprint density at radius 2 is 2.25 bits per heavy atom. The van der Waals surface area contributed by atoms with Crippen molar-refractivity contribution in [3.8, 4) is 11.5 Å². The molecule has 0 aliphatic carbocycles. The van der Waals surface area contributed by atoms with Gasteiger partial charge in [0, 0.05) is 6.07 Å². The van der Waals surface area contributed by atoms with Crippen LogP contribution in [0.15, 0.2) is 22.7 Å². The largest absolute Gasteiger partial charge is 0.333 e. The summed E-state index contributed by atoms with van der Waals surface area (Å²) in [6.45, 7) is 0. The van der Waals surface area contributed by atoms with Gasteiger partial charge >= 0.3 is 0 Å². The van der Waals surface area contributed by atoms with Crippen molar-refractivity contribution >= 4 is 17.3 Å². The zero-order valence-electron chi connectivity index (χ0n) is 7.55. The van der Waals surface area contributed by atoms with Gasteiger partial charge in [-0.3, -0.25) is 10.1 Å². The van der Waals surface area contributed by atoms with Gasteiger partial charge in [0.05, 0.1) is 16.6 Å². The maximum absolute atomic E-state index is 13.4. The Morgan fingerprint density at radius 1 is 1.50 bits per heavy atom. The van der Waals surface area contributed by atoms with Gasteiger partial charge in [0.2, 0.25) is 0 Å². The Morgan fingerprint density at radius 3 is 2.75 bits per heavy atom. The number of aromatic nitrogens is 2. The average Bonchev–Trinajstić information content (AvgIpc) is 2.64. The molecule has 8 heteroatoms. The minimum absolute atomic E-state index is 0.0370. The minimum Gasteiger partial charge on any atom is -0.333 e. The molecule has 0 aliphatic heterocycles. The Bertz CT molecular complexity index is 557. The SMILES string of the molecule is O=[N+]([O-])c1ccc(-c2nc(Cl)no2)c(F)c1. The molecule has 1 aromatic carbocycles. The van der Waals surface area contributed by atoms with Crippen LogP contribution in [0, 0.1) is 15.9 Å². The molecule has 1 heterocycles. The first-order chi connectivity index (χ1) is 7.58. The van der Waals surface area contributed by atoms with E-state index in [-0.39, 0.29) is 22.4 Å². The first-order valence-corrected chi connectivity index (χ1v) is 4.39. The molecular formula is C8H3ClFN3O3. The lowest BCUT2D eigenvalue weighted by Crippen LogP contribution is -1.91. The topological polar surface area (TPSA) is 82.1 Å². The molecule has 0 saturated heterocycles. The lowest BCUT2D eigenvalue weighted by atomic mass is 10.2. The Balaban J connectivity index is 2.47. The second-order valence-corrected chi connectivity index (χ2v) is 3.13. The molecule has 0 amide bonds. The molecule has 0 atom stereocenters. The number of nitro benzene ring substituents is 1. The third kappa shape index (κ3) is 1.84. The lowest BCUT2D eigenvalue weighted by molar-refractivity contribution is -0.385. The predicted molar refractivity (Wildman–Crippen MR) is 51.4 cm³/mol. The highest BCUT2D eigenvalue weighted by molar-refractivity contribution is 6.28. The number of hydrogen-bond donors (Lipinski definition) is 0. The van der Waals surface area contributed by atoms with Crippen LogP contribution < -0.4 is 0 Å². The number of non-ortho nitro benzene ring substituents is 1. The van der Waals surface area contributed by atoms with Crippen LogP contribution >= 0.6 is 11.6 Å². The Hall–Kier alpha value is -2.02. The fourth-order valence-electron chi connectivity index (χ4n) is 1.11. The maximum Gasteiger partial charge on any atom is 0.272 e. The third-order valence-corrected chi connectivity index (χ3v) is 1.95. The Labute approximate surface area is 92.8 Å². The van der Waals surface area contributed by atoms with Crippen LogP contribution in [0.1, 0.15) is 0 Å². The molecule has 0 unspecified atom stereocenters. The van der Waals surface area contributed by atoms with Gasteiger partial charge in [0.25, 0.3) is 16.9 Å². The molecule has 0 spiro atoms. The van der Waals surface area contributed by atoms with E-state index in [9.17, 15) is 14.5 Å². The van der Waals surface area contributed by atoms with Crippen LogP contribution in [0.4, 0.5) is 10.1 Å². The van der Waals surface area contributed by atoms with Crippen molar-refractivity contribution in [3.05, 3.63) is 39.4 Å². The summed E-state index contributed by atoms with van der Waals surface area (Å²) in [5.74, 6) is -0.952. The van der Waals surface area contributed by atoms with E-state index < -0.39 is 10.7 Å². The molecule has 0 N–H and O–H groups in total. The van der Waals surface area contributed by atoms with Crippen LogP contribution in [-0.4, -0.2) is 15.1 Å². The van der Waals surface area contributed by atoms with Crippen molar-refractivity contribution in [2.24, 2.45) is 0 Å². The zero-order valence-corrected chi connectivity index (χ0v) is 8.31. The quantitative estimate of drug-likeness (QED) is 0.598. The van der Waals surface area contributed by atoms with Gasteiger partial charge in [0.1, 0.15) is 5.82 Å². The normalized spacial score (nSPS) is 10.4. The van der Waals surface area contributed by atoms with Crippen molar-refractivity contribution in [1.82, 2.24) is 10.1 Å². The molecule has 82 valence electrons. The van der Waals surface area contributed by atoms with E-state index in [0.717, 1.165) is 12.1 Å². The highest BCUT2D eigenvalue weighted by Gasteiger charge is 2.16. The highest BCUT2D eigenvalue weighted by atomic mass is 35.5. The standard InChI is InChI=1S/C8H3ClFN3O3/c9-8-11-7(16-12-8)5-2-1-4(13(14)15)3-6(5)10/h1-3H. The van der Waals surface area contributed by atoms with Gasteiger partial charge in [-0.25, -0.2) is 4.39 Å². The summed E-state index contributed by atoms with van der Waals surface area (Å²) in [4.78, 5) is 13.3. The fraction of sp³-hybridized carbons (Fsp3) is 0. The van der Waals surface area contributed by atoms with Crippen LogP contribution in [0.3, 0.4) is 0 Å². The van der Waals surface area contributed by atoms with Crippen molar-refractivity contribution in [1.29, 1.82) is 0 Å². The van der Waals surface area contributed by atoms with E-state index in [2.05, 4.69) is 14.7 Å². The summed E-state index contributed by atoms with van der Waals surface area (Å²) in [6, 6.07) is 3.08. The van der Waals surface area contributed by atoms with E-state index in [1.165, 1.54) is 6.07 Å². The average molecular weight is 244 g/mol. The first kappa shape index (κ1) is 10.5. The molecular weight excluding hydrogens is 241 g/mol. The summed E-state index contributed by atoms with van der Waals surface area (Å²) >= 11 is 5.40. The van der Waals surface area contributed by atoms with Crippen LogP contribution in [-0.2, 0) is 0 Å². The minimum atomic E-state index is -0.825. The lowest BCUT2D eigenvalue weighted by Gasteiger charge is -1.96. The summed E-state index contributed by atoms with van der Waals surface area (Å²) in [7, 11) is 0. The molecule has 0 radical (unpaired) electrons. The van der Waals surface area contributed by atoms with Crippen molar-refractivity contribution in [2.75, 3.05) is 0 Å². The summed E-state index contributed by atoms with van der Waals surface area (Å²) in [6.07, 6.45) is 0. The summed E-state index contributed by atoms with van der Waals surface area (Å²) < 4.78 is 18.1. The van der Waals surface area contributed by atoms with E-state index in [4.69, 9.17) is 11.6 Å². The number of nitrogens with zero attached hydrogens (tertiary/aromatic N) is 3. The van der Waals surface area contributed by atoms with Crippen LogP contribution in [0.5, 0.6) is 0 Å². The zero-order chi connectivity index (χ0) is 11.7. The fourth-order valence-corrected chi connectivity index (χ4v) is 1.22. The molecule has 0 saturated carbocycles. The number of benzene rings is 1. The van der Waals surface area contributed by atoms with Crippen LogP contribution in [0.2, 0.25) is 5.28 Å². The molecule has 0 fully saturated rings. The third-order valence-electron chi connectivity index (χ3n) is 1.80. The van der Waals surface area contributed by atoms with E-state index in [0.29, 0.717) is 0 Å². The Kier molecular flexibility index (Phi) is 2.53. The van der Waals surface area contributed by atoms with Gasteiger partial charge in [0.15, 0.2) is 0 Å². The molecule has 2 rings (SSSR count). The summed E-state index contributed by atoms with van der Waals surface area (Å²) in [5, 5.41) is 13.5. The van der Waals surface area contributed by atoms with Gasteiger partial charge in [-0.2, -0.15) is 4.98 Å². The monoisotopic (exact) mass is 243 g/mol. The molecule has 16 heavy (non-hydrogen) atoms. The van der Waals surface area contributed by atoms with E-state index >= 15 is 0 Å². The van der Waals surface area contributed by atoms with Gasteiger partial charge in [-0.15, -0.1) is 0 Å². The predicted octanol–water partition coefficient (Wildman–Crippen LogP) is 2.44. The van der Waals surface area contributed by atoms with Crippen molar-refractivity contribution in [2.45, 2.75) is 0 Å². The second-order valence-electron chi connectivity index (χ2n) is 2.79. The molecule has 0 aliphatic rings. The number of rotatable bonds is 2. The van der Waals surface area contributed by atoms with E-state index in [1.54, 1.807) is 0 Å². The smallest absolute Gasteiger partial charge is 0.272 e. The molecule has 0 bridgehead atoms. The summed E-state index contributed by atoms with van der Waals surface area (Å²) in [5.41, 5.74) is -0.392. The molecule has 1 aromatic heterocycles. The van der Waals surface area contributed by atoms with Gasteiger partial charge < -0.3 is 4.52 Å². The van der Waals surface area contributed by atoms with E-state index in [1.807, 2.05) is 0 Å². The molecule has 2 aromatic rings. The molecule has 6 nitrogen and oxygen atoms in total. The van der Waals surface area contributed by atoms with Gasteiger partial charge in [-0.1, -0.05) is 0 Å².